The van der Waals surface area contributed by atoms with Gasteiger partial charge in [-0.2, -0.15) is 0 Å². The zero-order valence-corrected chi connectivity index (χ0v) is 10.1. The summed E-state index contributed by atoms with van der Waals surface area (Å²) in [4.78, 5) is 17.2. The predicted molar refractivity (Wildman–Crippen MR) is 63.0 cm³/mol. The first-order valence-electron chi connectivity index (χ1n) is 4.44. The molecule has 80 valence electrons. The van der Waals surface area contributed by atoms with E-state index >= 15 is 0 Å². The first-order chi connectivity index (χ1) is 7.08. The molecule has 1 fully saturated rings. The van der Waals surface area contributed by atoms with E-state index in [9.17, 15) is 4.79 Å². The second-order valence-electron chi connectivity index (χ2n) is 3.34. The average Bonchev–Trinajstić information content (AvgIpc) is 2.45. The van der Waals surface area contributed by atoms with Crippen LogP contribution in [0.15, 0.2) is 16.7 Å². The van der Waals surface area contributed by atoms with Gasteiger partial charge in [0.15, 0.2) is 0 Å². The monoisotopic (exact) mass is 289 g/mol. The number of nitrogens with zero attached hydrogens (tertiary/aromatic N) is 2. The molecule has 1 aliphatic heterocycles. The molecule has 0 radical (unpaired) electrons. The Morgan fingerprint density at radius 2 is 2.33 bits per heavy atom. The summed E-state index contributed by atoms with van der Waals surface area (Å²) in [5.41, 5.74) is 6.36. The summed E-state index contributed by atoms with van der Waals surface area (Å²) in [7, 11) is 0. The minimum absolute atomic E-state index is 0.00850. The number of pyridine rings is 1. The highest BCUT2D eigenvalue weighted by atomic mass is 79.9. The summed E-state index contributed by atoms with van der Waals surface area (Å²) in [5, 5.41) is -0.138. The number of nitrogen functional groups attached to an aromatic ring is 1. The van der Waals surface area contributed by atoms with Crippen LogP contribution in [-0.4, -0.2) is 22.8 Å². The third-order valence-electron chi connectivity index (χ3n) is 2.24. The van der Waals surface area contributed by atoms with Gasteiger partial charge in [0.25, 0.3) is 0 Å². The highest BCUT2D eigenvalue weighted by molar-refractivity contribution is 9.10. The predicted octanol–water partition coefficient (Wildman–Crippen LogP) is 1.77. The van der Waals surface area contributed by atoms with Gasteiger partial charge in [-0.3, -0.25) is 4.79 Å². The molecule has 0 aliphatic carbocycles. The van der Waals surface area contributed by atoms with Gasteiger partial charge >= 0.3 is 0 Å². The van der Waals surface area contributed by atoms with Gasteiger partial charge in [-0.1, -0.05) is 0 Å². The van der Waals surface area contributed by atoms with Crippen LogP contribution in [-0.2, 0) is 4.79 Å². The number of amides is 1. The zero-order chi connectivity index (χ0) is 11.0. The van der Waals surface area contributed by atoms with E-state index in [0.717, 1.165) is 0 Å². The van der Waals surface area contributed by atoms with Crippen LogP contribution < -0.4 is 10.6 Å². The van der Waals surface area contributed by atoms with E-state index in [1.807, 2.05) is 0 Å². The van der Waals surface area contributed by atoms with Crippen LogP contribution in [0, 0.1) is 0 Å². The summed E-state index contributed by atoms with van der Waals surface area (Å²) in [5.74, 6) is 0.328. The number of aromatic nitrogens is 1. The van der Waals surface area contributed by atoms with Crippen LogP contribution in [0.25, 0.3) is 0 Å². The van der Waals surface area contributed by atoms with Gasteiger partial charge < -0.3 is 10.6 Å². The fraction of sp³-hybridized carbons (Fsp3) is 0.333. The number of rotatable bonds is 1. The third-order valence-corrected chi connectivity index (χ3v) is 2.97. The molecule has 2 N–H and O–H groups in total. The lowest BCUT2D eigenvalue weighted by Crippen LogP contribution is -2.25. The third kappa shape index (κ3) is 2.08. The van der Waals surface area contributed by atoms with Crippen LogP contribution in [0.3, 0.4) is 0 Å². The molecule has 6 heteroatoms. The Kier molecular flexibility index (Phi) is 2.84. The topological polar surface area (TPSA) is 59.2 Å². The number of halogens is 2. The normalized spacial score (nSPS) is 21.1. The second-order valence-corrected chi connectivity index (χ2v) is 4.77. The van der Waals surface area contributed by atoms with Crippen molar-refractivity contribution in [2.75, 3.05) is 17.2 Å². The van der Waals surface area contributed by atoms with Gasteiger partial charge in [-0.25, -0.2) is 4.98 Å². The molecule has 0 bridgehead atoms. The second kappa shape index (κ2) is 3.98. The van der Waals surface area contributed by atoms with Crippen molar-refractivity contribution in [2.24, 2.45) is 0 Å². The fourth-order valence-electron chi connectivity index (χ4n) is 1.57. The maximum atomic E-state index is 11.6. The SMILES string of the molecule is Nc1nc(Br)ccc1N1CC(Cl)CC1=O. The maximum Gasteiger partial charge on any atom is 0.228 e. The number of hydrogen-bond donors (Lipinski definition) is 1. The van der Waals surface area contributed by atoms with Crippen LogP contribution in [0.1, 0.15) is 6.42 Å². The summed E-state index contributed by atoms with van der Waals surface area (Å²) in [6.45, 7) is 0.494. The number of carbonyl (C=O) groups is 1. The Balaban J connectivity index is 2.34. The Morgan fingerprint density at radius 3 is 2.87 bits per heavy atom. The molecule has 2 rings (SSSR count). The standard InChI is InChI=1S/C9H9BrClN3O/c10-7-2-1-6(9(12)13-7)14-4-5(11)3-8(14)15/h1-2,5H,3-4H2,(H2,12,13). The van der Waals surface area contributed by atoms with E-state index < -0.39 is 0 Å². The van der Waals surface area contributed by atoms with E-state index in [1.54, 1.807) is 17.0 Å². The Hall–Kier alpha value is -0.810. The Bertz CT molecular complexity index is 412. The maximum absolute atomic E-state index is 11.6. The van der Waals surface area contributed by atoms with E-state index in [2.05, 4.69) is 20.9 Å². The molecule has 0 saturated carbocycles. The van der Waals surface area contributed by atoms with Crippen LogP contribution in [0.5, 0.6) is 0 Å². The van der Waals surface area contributed by atoms with Crippen molar-refractivity contribution < 1.29 is 4.79 Å². The van der Waals surface area contributed by atoms with Crippen molar-refractivity contribution in [3.8, 4) is 0 Å². The highest BCUT2D eigenvalue weighted by Crippen LogP contribution is 2.28. The molecule has 1 aromatic rings. The average molecular weight is 291 g/mol. The van der Waals surface area contributed by atoms with Crippen molar-refractivity contribution in [1.29, 1.82) is 0 Å². The molecule has 0 aromatic carbocycles. The lowest BCUT2D eigenvalue weighted by atomic mass is 10.3. The fourth-order valence-corrected chi connectivity index (χ4v) is 2.16. The van der Waals surface area contributed by atoms with Crippen molar-refractivity contribution in [3.63, 3.8) is 0 Å². The molecule has 1 aliphatic rings. The first kappa shape index (κ1) is 10.7. The zero-order valence-electron chi connectivity index (χ0n) is 7.78. The van der Waals surface area contributed by atoms with E-state index in [-0.39, 0.29) is 11.3 Å². The molecule has 2 heterocycles. The number of nitrogens with two attached hydrogens (primary N) is 1. The lowest BCUT2D eigenvalue weighted by Gasteiger charge is -2.17. The molecule has 0 spiro atoms. The van der Waals surface area contributed by atoms with E-state index in [1.165, 1.54) is 0 Å². The molecule has 15 heavy (non-hydrogen) atoms. The largest absolute Gasteiger partial charge is 0.382 e. The lowest BCUT2D eigenvalue weighted by molar-refractivity contribution is -0.117. The Labute approximate surface area is 101 Å². The summed E-state index contributed by atoms with van der Waals surface area (Å²) in [6, 6.07) is 3.51. The molecular formula is C9H9BrClN3O. The number of alkyl halides is 1. The van der Waals surface area contributed by atoms with Gasteiger partial charge in [-0.05, 0) is 28.1 Å². The van der Waals surface area contributed by atoms with Crippen LogP contribution in [0.4, 0.5) is 11.5 Å². The van der Waals surface area contributed by atoms with Gasteiger partial charge in [0.1, 0.15) is 10.4 Å². The molecule has 1 aromatic heterocycles. The summed E-state index contributed by atoms with van der Waals surface area (Å²) >= 11 is 9.11. The van der Waals surface area contributed by atoms with Gasteiger partial charge in [0.05, 0.1) is 11.1 Å². The summed E-state index contributed by atoms with van der Waals surface area (Å²) in [6.07, 6.45) is 0.358. The van der Waals surface area contributed by atoms with E-state index in [0.29, 0.717) is 29.1 Å². The summed E-state index contributed by atoms with van der Waals surface area (Å²) < 4.78 is 0.651. The minimum Gasteiger partial charge on any atom is -0.382 e. The number of carbonyl (C=O) groups excluding carboxylic acids is 1. The minimum atomic E-state index is -0.138. The van der Waals surface area contributed by atoms with Crippen LogP contribution in [0.2, 0.25) is 0 Å². The smallest absolute Gasteiger partial charge is 0.228 e. The van der Waals surface area contributed by atoms with Gasteiger partial charge in [-0.15, -0.1) is 11.6 Å². The number of anilines is 2. The quantitative estimate of drug-likeness (QED) is 0.633. The molecular weight excluding hydrogens is 281 g/mol. The van der Waals surface area contributed by atoms with Crippen molar-refractivity contribution in [1.82, 2.24) is 4.98 Å². The van der Waals surface area contributed by atoms with Crippen LogP contribution >= 0.6 is 27.5 Å². The van der Waals surface area contributed by atoms with Crippen molar-refractivity contribution >= 4 is 44.9 Å². The molecule has 1 atom stereocenters. The number of hydrogen-bond acceptors (Lipinski definition) is 3. The molecule has 1 amide bonds. The van der Waals surface area contributed by atoms with Gasteiger partial charge in [0, 0.05) is 13.0 Å². The van der Waals surface area contributed by atoms with Crippen molar-refractivity contribution in [2.45, 2.75) is 11.8 Å². The van der Waals surface area contributed by atoms with E-state index in [4.69, 9.17) is 17.3 Å². The molecule has 4 nitrogen and oxygen atoms in total. The highest BCUT2D eigenvalue weighted by Gasteiger charge is 2.30. The Morgan fingerprint density at radius 1 is 1.60 bits per heavy atom. The van der Waals surface area contributed by atoms with Gasteiger partial charge in [0.2, 0.25) is 5.91 Å². The first-order valence-corrected chi connectivity index (χ1v) is 5.67. The van der Waals surface area contributed by atoms with Crippen molar-refractivity contribution in [3.05, 3.63) is 16.7 Å². The molecule has 1 unspecified atom stereocenters. The molecule has 1 saturated heterocycles.